The number of halogens is 1. The molecule has 3 rings (SSSR count). The van der Waals surface area contributed by atoms with Crippen molar-refractivity contribution in [2.75, 3.05) is 31.1 Å². The van der Waals surface area contributed by atoms with Crippen LogP contribution in [0.25, 0.3) is 5.65 Å². The van der Waals surface area contributed by atoms with Crippen LogP contribution in [0.1, 0.15) is 54.4 Å². The van der Waals surface area contributed by atoms with Gasteiger partial charge in [-0.25, -0.2) is 14.3 Å². The van der Waals surface area contributed by atoms with E-state index in [1.54, 1.807) is 15.6 Å². The Labute approximate surface area is 213 Å². The highest BCUT2D eigenvalue weighted by atomic mass is 79.9. The van der Waals surface area contributed by atoms with Gasteiger partial charge in [-0.15, -0.1) is 0 Å². The minimum absolute atomic E-state index is 0.192. The molecule has 0 aromatic carbocycles. The van der Waals surface area contributed by atoms with Crippen LogP contribution in [0.3, 0.4) is 0 Å². The zero-order chi connectivity index (χ0) is 25.3. The first-order valence-electron chi connectivity index (χ1n) is 12.1. The van der Waals surface area contributed by atoms with Crippen molar-refractivity contribution in [3.05, 3.63) is 22.9 Å². The molecule has 0 radical (unpaired) electrons. The molecule has 190 valence electrons. The predicted octanol–water partition coefficient (Wildman–Crippen LogP) is 5.72. The minimum Gasteiger partial charge on any atom is -0.443 e. The maximum Gasteiger partial charge on any atom is 0.416 e. The SMILES string of the molecule is CC(C)(C)OC(=O)N(CC1CCCN1CCO[Si](C)(C)C(C)(C)C)c1ccn2ncc(Br)c2n1. The maximum atomic E-state index is 13.3. The third-order valence-corrected chi connectivity index (χ3v) is 11.8. The Kier molecular flexibility index (Phi) is 8.16. The number of ether oxygens (including phenoxy) is 1. The fourth-order valence-electron chi connectivity index (χ4n) is 3.80. The van der Waals surface area contributed by atoms with E-state index in [1.807, 2.05) is 33.0 Å². The lowest BCUT2D eigenvalue weighted by atomic mass is 10.2. The summed E-state index contributed by atoms with van der Waals surface area (Å²) in [5.74, 6) is 0.562. The second kappa shape index (κ2) is 10.2. The van der Waals surface area contributed by atoms with Crippen molar-refractivity contribution in [1.82, 2.24) is 19.5 Å². The van der Waals surface area contributed by atoms with Crippen molar-refractivity contribution in [2.45, 2.75) is 84.2 Å². The summed E-state index contributed by atoms with van der Waals surface area (Å²) in [7, 11) is -1.79. The first-order valence-corrected chi connectivity index (χ1v) is 15.8. The molecule has 2 aromatic heterocycles. The van der Waals surface area contributed by atoms with Gasteiger partial charge in [0.1, 0.15) is 11.4 Å². The van der Waals surface area contributed by atoms with Crippen molar-refractivity contribution >= 4 is 41.8 Å². The van der Waals surface area contributed by atoms with Crippen molar-refractivity contribution in [3.8, 4) is 0 Å². The van der Waals surface area contributed by atoms with Gasteiger partial charge in [0, 0.05) is 31.9 Å². The molecule has 0 N–H and O–H groups in total. The van der Waals surface area contributed by atoms with Gasteiger partial charge in [-0.3, -0.25) is 9.80 Å². The molecule has 1 unspecified atom stereocenters. The number of nitrogens with zero attached hydrogens (tertiary/aromatic N) is 5. The molecule has 0 bridgehead atoms. The van der Waals surface area contributed by atoms with E-state index in [9.17, 15) is 4.79 Å². The summed E-state index contributed by atoms with van der Waals surface area (Å²) in [4.78, 5) is 22.1. The monoisotopic (exact) mass is 553 g/mol. The van der Waals surface area contributed by atoms with Crippen LogP contribution in [-0.2, 0) is 9.16 Å². The smallest absolute Gasteiger partial charge is 0.416 e. The summed E-state index contributed by atoms with van der Waals surface area (Å²) in [6.45, 7) is 20.1. The third kappa shape index (κ3) is 6.59. The molecular formula is C24H40BrN5O3Si. The molecule has 2 aromatic rings. The van der Waals surface area contributed by atoms with Gasteiger partial charge in [0.25, 0.3) is 0 Å². The number of likely N-dealkylation sites (tertiary alicyclic amines) is 1. The summed E-state index contributed by atoms with van der Waals surface area (Å²) in [5.41, 5.74) is 0.0697. The fourth-order valence-corrected chi connectivity index (χ4v) is 5.20. The van der Waals surface area contributed by atoms with E-state index in [0.29, 0.717) is 24.6 Å². The molecule has 10 heteroatoms. The maximum absolute atomic E-state index is 13.3. The number of fused-ring (bicyclic) bond motifs is 1. The normalized spacial score (nSPS) is 18.0. The van der Waals surface area contributed by atoms with Crippen LogP contribution >= 0.6 is 15.9 Å². The van der Waals surface area contributed by atoms with Crippen LogP contribution in [0.4, 0.5) is 10.6 Å². The lowest BCUT2D eigenvalue weighted by molar-refractivity contribution is 0.0568. The summed E-state index contributed by atoms with van der Waals surface area (Å²) in [5, 5.41) is 4.45. The van der Waals surface area contributed by atoms with Gasteiger partial charge in [0.2, 0.25) is 0 Å². The van der Waals surface area contributed by atoms with Gasteiger partial charge in [0.15, 0.2) is 14.0 Å². The summed E-state index contributed by atoms with van der Waals surface area (Å²) < 4.78 is 14.6. The van der Waals surface area contributed by atoms with E-state index in [4.69, 9.17) is 14.1 Å². The average molecular weight is 555 g/mol. The molecule has 1 fully saturated rings. The first-order chi connectivity index (χ1) is 15.7. The van der Waals surface area contributed by atoms with E-state index in [2.05, 4.69) is 59.8 Å². The Hall–Kier alpha value is -1.49. The number of hydrogen-bond acceptors (Lipinski definition) is 6. The number of hydrogen-bond donors (Lipinski definition) is 0. The highest BCUT2D eigenvalue weighted by Crippen LogP contribution is 2.36. The van der Waals surface area contributed by atoms with Gasteiger partial charge in [0.05, 0.1) is 10.7 Å². The summed E-state index contributed by atoms with van der Waals surface area (Å²) >= 11 is 3.49. The Morgan fingerprint density at radius 2 is 1.97 bits per heavy atom. The molecule has 8 nitrogen and oxygen atoms in total. The van der Waals surface area contributed by atoms with Crippen molar-refractivity contribution < 1.29 is 14.0 Å². The van der Waals surface area contributed by atoms with Gasteiger partial charge < -0.3 is 9.16 Å². The molecule has 1 amide bonds. The highest BCUT2D eigenvalue weighted by Gasteiger charge is 2.38. The van der Waals surface area contributed by atoms with Crippen LogP contribution in [0.15, 0.2) is 22.9 Å². The summed E-state index contributed by atoms with van der Waals surface area (Å²) in [6, 6.07) is 2.04. The zero-order valence-corrected chi connectivity index (χ0v) is 24.5. The van der Waals surface area contributed by atoms with Crippen LogP contribution in [-0.4, -0.2) is 71.8 Å². The lowest BCUT2D eigenvalue weighted by Gasteiger charge is -2.37. The molecule has 1 saturated heterocycles. The van der Waals surface area contributed by atoms with Crippen molar-refractivity contribution in [3.63, 3.8) is 0 Å². The van der Waals surface area contributed by atoms with Crippen LogP contribution in [0, 0.1) is 0 Å². The topological polar surface area (TPSA) is 72.2 Å². The largest absolute Gasteiger partial charge is 0.443 e. The first kappa shape index (κ1) is 27.1. The number of carbonyl (C=O) groups is 1. The zero-order valence-electron chi connectivity index (χ0n) is 21.9. The standard InChI is InChI=1S/C24H40BrN5O3Si/c1-23(2,3)33-22(31)29(20-11-13-30-21(27-20)19(25)16-26-30)17-18-10-9-12-28(18)14-15-32-34(7,8)24(4,5)6/h11,13,16,18H,9-10,12,14-15,17H2,1-8H3. The highest BCUT2D eigenvalue weighted by molar-refractivity contribution is 9.10. The molecule has 0 aliphatic carbocycles. The van der Waals surface area contributed by atoms with Crippen LogP contribution < -0.4 is 4.90 Å². The molecule has 34 heavy (non-hydrogen) atoms. The molecule has 0 spiro atoms. The fraction of sp³-hybridized carbons (Fsp3) is 0.708. The van der Waals surface area contributed by atoms with Crippen LogP contribution in [0.2, 0.25) is 18.1 Å². The average Bonchev–Trinajstić information content (AvgIpc) is 3.30. The Morgan fingerprint density at radius 3 is 2.62 bits per heavy atom. The van der Waals surface area contributed by atoms with Crippen molar-refractivity contribution in [1.29, 1.82) is 0 Å². The Balaban J connectivity index is 1.76. The minimum atomic E-state index is -1.79. The molecule has 1 aliphatic heterocycles. The quantitative estimate of drug-likeness (QED) is 0.408. The number of anilines is 1. The van der Waals surface area contributed by atoms with Gasteiger partial charge in [-0.05, 0) is 80.3 Å². The van der Waals surface area contributed by atoms with Gasteiger partial charge >= 0.3 is 6.09 Å². The van der Waals surface area contributed by atoms with E-state index in [0.717, 1.165) is 30.4 Å². The van der Waals surface area contributed by atoms with Crippen LogP contribution in [0.5, 0.6) is 0 Å². The summed E-state index contributed by atoms with van der Waals surface area (Å²) in [6.07, 6.45) is 5.26. The van der Waals surface area contributed by atoms with Gasteiger partial charge in [-0.2, -0.15) is 5.10 Å². The number of amides is 1. The Bertz CT molecular complexity index is 999. The molecule has 3 heterocycles. The number of rotatable bonds is 7. The number of carbonyl (C=O) groups excluding carboxylic acids is 1. The van der Waals surface area contributed by atoms with Gasteiger partial charge in [-0.1, -0.05) is 20.8 Å². The lowest BCUT2D eigenvalue weighted by Crippen LogP contribution is -2.47. The van der Waals surface area contributed by atoms with E-state index < -0.39 is 13.9 Å². The van der Waals surface area contributed by atoms with E-state index in [1.165, 1.54) is 0 Å². The second-order valence-corrected chi connectivity index (χ2v) is 17.2. The molecule has 1 atom stereocenters. The third-order valence-electron chi connectivity index (χ3n) is 6.74. The molecule has 1 aliphatic rings. The van der Waals surface area contributed by atoms with E-state index >= 15 is 0 Å². The van der Waals surface area contributed by atoms with Crippen molar-refractivity contribution in [2.24, 2.45) is 0 Å². The molecule has 0 saturated carbocycles. The predicted molar refractivity (Wildman–Crippen MR) is 142 cm³/mol. The number of aromatic nitrogens is 3. The molecular weight excluding hydrogens is 514 g/mol. The second-order valence-electron chi connectivity index (χ2n) is 11.6. The van der Waals surface area contributed by atoms with E-state index in [-0.39, 0.29) is 17.2 Å². The Morgan fingerprint density at radius 1 is 1.26 bits per heavy atom.